The molecule has 4 nitrogen and oxygen atoms in total. The number of rotatable bonds is 7. The Morgan fingerprint density at radius 1 is 1.00 bits per heavy atom. The van der Waals surface area contributed by atoms with Crippen LogP contribution in [0.3, 0.4) is 0 Å². The van der Waals surface area contributed by atoms with E-state index >= 15 is 0 Å². The van der Waals surface area contributed by atoms with E-state index in [1.54, 1.807) is 31.2 Å². The summed E-state index contributed by atoms with van der Waals surface area (Å²) < 4.78 is 37.3. The van der Waals surface area contributed by atoms with E-state index in [0.29, 0.717) is 6.54 Å². The lowest BCUT2D eigenvalue weighted by molar-refractivity contribution is -0.118. The van der Waals surface area contributed by atoms with Crippen LogP contribution in [0.5, 0.6) is 0 Å². The maximum Gasteiger partial charge on any atom is 0.446 e. The fraction of sp³-hybridized carbons (Fsp3) is 0.667. The van der Waals surface area contributed by atoms with Crippen molar-refractivity contribution in [1.82, 2.24) is 9.80 Å². The van der Waals surface area contributed by atoms with E-state index in [2.05, 4.69) is 14.7 Å². The molecule has 2 aliphatic heterocycles. The highest BCUT2D eigenvalue weighted by atomic mass is 32.2. The number of Topliss-reactive ketones (excluding diaryl/α,β-unsaturated/α-hetero) is 1. The van der Waals surface area contributed by atoms with Crippen molar-refractivity contribution >= 4 is 23.2 Å². The van der Waals surface area contributed by atoms with Gasteiger partial charge < -0.3 is 4.90 Å². The van der Waals surface area contributed by atoms with Crippen LogP contribution < -0.4 is 4.90 Å². The molecule has 1 aromatic carbocycles. The van der Waals surface area contributed by atoms with Gasteiger partial charge in [0.05, 0.1) is 6.54 Å². The summed E-state index contributed by atoms with van der Waals surface area (Å²) in [4.78, 5) is 18.5. The zero-order chi connectivity index (χ0) is 20.9. The maximum atomic E-state index is 12.4. The molecule has 0 N–H and O–H groups in total. The molecule has 0 aliphatic carbocycles. The minimum Gasteiger partial charge on any atom is -0.369 e. The third-order valence-corrected chi connectivity index (χ3v) is 6.55. The van der Waals surface area contributed by atoms with E-state index < -0.39 is 5.51 Å². The highest BCUT2D eigenvalue weighted by Crippen LogP contribution is 2.37. The number of likely N-dealkylation sites (tertiary alicyclic amines) is 1. The fourth-order valence-corrected chi connectivity index (χ4v) is 4.74. The summed E-state index contributed by atoms with van der Waals surface area (Å²) in [6.07, 6.45) is 3.56. The molecule has 0 atom stereocenters. The van der Waals surface area contributed by atoms with E-state index in [1.807, 2.05) is 0 Å². The van der Waals surface area contributed by atoms with E-state index in [9.17, 15) is 18.0 Å². The lowest BCUT2D eigenvalue weighted by atomic mass is 9.93. The second kappa shape index (κ2) is 10.2. The lowest BCUT2D eigenvalue weighted by Gasteiger charge is -2.37. The highest BCUT2D eigenvalue weighted by Gasteiger charge is 2.29. The molecule has 3 rings (SSSR count). The molecular weight excluding hydrogens is 399 g/mol. The van der Waals surface area contributed by atoms with Crippen molar-refractivity contribution in [3.05, 3.63) is 24.3 Å². The molecule has 1 aromatic rings. The quantitative estimate of drug-likeness (QED) is 0.608. The summed E-state index contributed by atoms with van der Waals surface area (Å²) in [5, 5.41) is 0. The number of carbonyl (C=O) groups is 1. The topological polar surface area (TPSA) is 26.8 Å². The van der Waals surface area contributed by atoms with Crippen molar-refractivity contribution in [2.75, 3.05) is 57.3 Å². The first kappa shape index (κ1) is 22.4. The van der Waals surface area contributed by atoms with Crippen LogP contribution in [-0.4, -0.2) is 73.4 Å². The number of ketones is 1. The van der Waals surface area contributed by atoms with E-state index in [0.717, 1.165) is 57.4 Å². The van der Waals surface area contributed by atoms with Crippen LogP contribution >= 0.6 is 11.8 Å². The third kappa shape index (κ3) is 7.50. The van der Waals surface area contributed by atoms with Crippen molar-refractivity contribution in [3.8, 4) is 0 Å². The van der Waals surface area contributed by atoms with Crippen molar-refractivity contribution in [2.24, 2.45) is 5.92 Å². The Bertz CT molecular complexity index is 652. The first-order chi connectivity index (χ1) is 13.8. The Hall–Kier alpha value is -1.25. The number of hydrogen-bond donors (Lipinski definition) is 0. The van der Waals surface area contributed by atoms with Crippen molar-refractivity contribution in [2.45, 2.75) is 36.6 Å². The zero-order valence-corrected chi connectivity index (χ0v) is 17.8. The smallest absolute Gasteiger partial charge is 0.369 e. The molecule has 0 saturated carbocycles. The zero-order valence-electron chi connectivity index (χ0n) is 17.0. The summed E-state index contributed by atoms with van der Waals surface area (Å²) >= 11 is -0.0670. The van der Waals surface area contributed by atoms with Crippen LogP contribution in [0.4, 0.5) is 18.9 Å². The van der Waals surface area contributed by atoms with Crippen LogP contribution in [0.1, 0.15) is 26.2 Å². The van der Waals surface area contributed by atoms with Crippen LogP contribution in [0.2, 0.25) is 0 Å². The first-order valence-corrected chi connectivity index (χ1v) is 11.1. The predicted molar refractivity (Wildman–Crippen MR) is 111 cm³/mol. The third-order valence-electron chi connectivity index (χ3n) is 5.81. The summed E-state index contributed by atoms with van der Waals surface area (Å²) in [5.74, 6) is 0.991. The van der Waals surface area contributed by atoms with Crippen LogP contribution in [0.15, 0.2) is 29.2 Å². The van der Waals surface area contributed by atoms with Gasteiger partial charge in [0, 0.05) is 36.8 Å². The molecular formula is C21H30F3N3OS. The van der Waals surface area contributed by atoms with Gasteiger partial charge in [-0.15, -0.1) is 0 Å². The Morgan fingerprint density at radius 2 is 1.62 bits per heavy atom. The second-order valence-corrected chi connectivity index (χ2v) is 9.22. The van der Waals surface area contributed by atoms with Gasteiger partial charge in [-0.3, -0.25) is 14.6 Å². The number of piperidine rings is 1. The first-order valence-electron chi connectivity index (χ1n) is 10.3. The van der Waals surface area contributed by atoms with Gasteiger partial charge in [0.2, 0.25) is 0 Å². The summed E-state index contributed by atoms with van der Waals surface area (Å²) in [6, 6.07) is 6.69. The maximum absolute atomic E-state index is 12.4. The largest absolute Gasteiger partial charge is 0.446 e. The summed E-state index contributed by atoms with van der Waals surface area (Å²) in [7, 11) is 0. The Balaban J connectivity index is 1.36. The van der Waals surface area contributed by atoms with Crippen LogP contribution in [0.25, 0.3) is 0 Å². The molecule has 2 heterocycles. The summed E-state index contributed by atoms with van der Waals surface area (Å²) in [5.41, 5.74) is -3.24. The van der Waals surface area contributed by atoms with E-state index in [-0.39, 0.29) is 22.4 Å². The van der Waals surface area contributed by atoms with Crippen LogP contribution in [-0.2, 0) is 4.79 Å². The van der Waals surface area contributed by atoms with E-state index in [1.165, 1.54) is 19.3 Å². The van der Waals surface area contributed by atoms with Gasteiger partial charge in [0.1, 0.15) is 5.78 Å². The number of halogens is 3. The van der Waals surface area contributed by atoms with E-state index in [4.69, 9.17) is 0 Å². The van der Waals surface area contributed by atoms with Gasteiger partial charge in [0.15, 0.2) is 0 Å². The molecule has 0 spiro atoms. The van der Waals surface area contributed by atoms with Gasteiger partial charge >= 0.3 is 5.51 Å². The lowest BCUT2D eigenvalue weighted by Crippen LogP contribution is -2.47. The molecule has 0 unspecified atom stereocenters. The molecule has 0 amide bonds. The average molecular weight is 430 g/mol. The minimum absolute atomic E-state index is 0.0670. The van der Waals surface area contributed by atoms with Gasteiger partial charge in [-0.05, 0) is 87.8 Å². The molecule has 2 fully saturated rings. The molecule has 0 radical (unpaired) electrons. The van der Waals surface area contributed by atoms with Gasteiger partial charge in [-0.25, -0.2) is 0 Å². The van der Waals surface area contributed by atoms with Crippen LogP contribution in [0, 0.1) is 5.92 Å². The predicted octanol–water partition coefficient (Wildman–Crippen LogP) is 4.11. The minimum atomic E-state index is -4.24. The standard InChI is InChI=1S/C21H30F3N3OS/c1-17(28)16-26-10-7-18(8-11-26)6-9-25-12-14-27(15-13-25)19-2-4-20(5-3-19)29-21(22,23)24/h2-5,18H,6-16H2,1H3. The van der Waals surface area contributed by atoms with Gasteiger partial charge in [-0.1, -0.05) is 0 Å². The molecule has 162 valence electrons. The Labute approximate surface area is 175 Å². The molecule has 0 bridgehead atoms. The van der Waals surface area contributed by atoms with Gasteiger partial charge in [-0.2, -0.15) is 13.2 Å². The number of alkyl halides is 3. The molecule has 0 aromatic heterocycles. The highest BCUT2D eigenvalue weighted by molar-refractivity contribution is 8.00. The SMILES string of the molecule is CC(=O)CN1CCC(CCN2CCN(c3ccc(SC(F)(F)F)cc3)CC2)CC1. The van der Waals surface area contributed by atoms with Gasteiger partial charge in [0.25, 0.3) is 0 Å². The molecule has 8 heteroatoms. The Kier molecular flexibility index (Phi) is 7.87. The number of nitrogens with zero attached hydrogens (tertiary/aromatic N) is 3. The van der Waals surface area contributed by atoms with Crippen molar-refractivity contribution < 1.29 is 18.0 Å². The monoisotopic (exact) mass is 429 g/mol. The van der Waals surface area contributed by atoms with Crippen molar-refractivity contribution in [1.29, 1.82) is 0 Å². The second-order valence-electron chi connectivity index (χ2n) is 8.08. The number of hydrogen-bond acceptors (Lipinski definition) is 5. The van der Waals surface area contributed by atoms with Crippen molar-refractivity contribution in [3.63, 3.8) is 0 Å². The summed E-state index contributed by atoms with van der Waals surface area (Å²) in [6.45, 7) is 9.19. The number of carbonyl (C=O) groups excluding carboxylic acids is 1. The molecule has 2 aliphatic rings. The fourth-order valence-electron chi connectivity index (χ4n) is 4.20. The number of piperazine rings is 1. The number of anilines is 1. The average Bonchev–Trinajstić information content (AvgIpc) is 2.67. The molecule has 2 saturated heterocycles. The number of benzene rings is 1. The number of thioether (sulfide) groups is 1. The molecule has 29 heavy (non-hydrogen) atoms. The Morgan fingerprint density at radius 3 is 2.17 bits per heavy atom. The normalized spacial score (nSPS) is 20.2.